The molecule has 14 heavy (non-hydrogen) atoms. The van der Waals surface area contributed by atoms with Gasteiger partial charge in [0.2, 0.25) is 0 Å². The van der Waals surface area contributed by atoms with Crippen molar-refractivity contribution >= 4 is 0 Å². The molecule has 1 aliphatic carbocycles. The van der Waals surface area contributed by atoms with Gasteiger partial charge in [0, 0.05) is 37.8 Å². The Morgan fingerprint density at radius 3 is 2.71 bits per heavy atom. The van der Waals surface area contributed by atoms with Crippen molar-refractivity contribution in [3.63, 3.8) is 0 Å². The van der Waals surface area contributed by atoms with Crippen molar-refractivity contribution in [2.24, 2.45) is 0 Å². The summed E-state index contributed by atoms with van der Waals surface area (Å²) in [5.41, 5.74) is 0. The van der Waals surface area contributed by atoms with Gasteiger partial charge in [0.1, 0.15) is 0 Å². The Kier molecular flexibility index (Phi) is 2.48. The maximum absolute atomic E-state index is 5.38. The van der Waals surface area contributed by atoms with Gasteiger partial charge < -0.3 is 10.1 Å². The van der Waals surface area contributed by atoms with Gasteiger partial charge in [0.05, 0.1) is 6.61 Å². The highest BCUT2D eigenvalue weighted by molar-refractivity contribution is 4.93. The first-order valence-corrected chi connectivity index (χ1v) is 5.99. The predicted octanol–water partition coefficient (Wildman–Crippen LogP) is 0.602. The summed E-state index contributed by atoms with van der Waals surface area (Å²) in [4.78, 5) is 2.66. The van der Waals surface area contributed by atoms with Crippen LogP contribution in [0.25, 0.3) is 0 Å². The summed E-state index contributed by atoms with van der Waals surface area (Å²) in [6.45, 7) is 4.48. The lowest BCUT2D eigenvalue weighted by atomic mass is 10.2. The molecule has 1 saturated carbocycles. The molecule has 3 rings (SSSR count). The van der Waals surface area contributed by atoms with Crippen molar-refractivity contribution < 1.29 is 4.74 Å². The van der Waals surface area contributed by atoms with Gasteiger partial charge in [0.15, 0.2) is 0 Å². The van der Waals surface area contributed by atoms with Crippen LogP contribution >= 0.6 is 0 Å². The standard InChI is InChI=1S/C11H20N2O/c1-2-11(1)13-5-3-9(7-13)12-10-4-6-14-8-10/h9-12H,1-8H2. The molecule has 3 nitrogen and oxygen atoms in total. The number of hydrogen-bond acceptors (Lipinski definition) is 3. The summed E-state index contributed by atoms with van der Waals surface area (Å²) >= 11 is 0. The molecule has 0 aromatic heterocycles. The molecular weight excluding hydrogens is 176 g/mol. The molecule has 0 aromatic carbocycles. The first kappa shape index (κ1) is 9.13. The molecule has 0 aromatic rings. The number of nitrogens with zero attached hydrogens (tertiary/aromatic N) is 1. The zero-order valence-corrected chi connectivity index (χ0v) is 8.74. The van der Waals surface area contributed by atoms with Gasteiger partial charge in [0.25, 0.3) is 0 Å². The number of ether oxygens (including phenoxy) is 1. The molecule has 2 unspecified atom stereocenters. The molecule has 3 fully saturated rings. The van der Waals surface area contributed by atoms with E-state index >= 15 is 0 Å². The lowest BCUT2D eigenvalue weighted by Crippen LogP contribution is -2.40. The Balaban J connectivity index is 1.45. The summed E-state index contributed by atoms with van der Waals surface area (Å²) in [5, 5.41) is 3.72. The van der Waals surface area contributed by atoms with Gasteiger partial charge in [-0.15, -0.1) is 0 Å². The highest BCUT2D eigenvalue weighted by Crippen LogP contribution is 2.29. The van der Waals surface area contributed by atoms with E-state index in [1.807, 2.05) is 0 Å². The SMILES string of the molecule is C1CC(NC2CCN(C3CC3)C2)CO1. The fourth-order valence-electron chi connectivity index (χ4n) is 2.69. The molecule has 3 heteroatoms. The van der Waals surface area contributed by atoms with E-state index in [0.717, 1.165) is 25.3 Å². The molecule has 2 atom stereocenters. The average Bonchev–Trinajstić information content (AvgIpc) is 2.75. The van der Waals surface area contributed by atoms with Crippen LogP contribution in [0.4, 0.5) is 0 Å². The van der Waals surface area contributed by atoms with Gasteiger partial charge in [-0.3, -0.25) is 4.90 Å². The maximum Gasteiger partial charge on any atom is 0.0620 e. The third kappa shape index (κ3) is 1.95. The van der Waals surface area contributed by atoms with E-state index < -0.39 is 0 Å². The average molecular weight is 196 g/mol. The van der Waals surface area contributed by atoms with Gasteiger partial charge in [-0.2, -0.15) is 0 Å². The number of likely N-dealkylation sites (tertiary alicyclic amines) is 1. The van der Waals surface area contributed by atoms with Crippen LogP contribution in [-0.4, -0.2) is 49.3 Å². The second kappa shape index (κ2) is 3.80. The Bertz CT molecular complexity index is 199. The quantitative estimate of drug-likeness (QED) is 0.715. The number of hydrogen-bond donors (Lipinski definition) is 1. The lowest BCUT2D eigenvalue weighted by Gasteiger charge is -2.18. The molecule has 3 aliphatic rings. The van der Waals surface area contributed by atoms with Crippen molar-refractivity contribution in [2.45, 2.75) is 43.8 Å². The van der Waals surface area contributed by atoms with Crippen LogP contribution in [0.3, 0.4) is 0 Å². The van der Waals surface area contributed by atoms with E-state index in [0.29, 0.717) is 6.04 Å². The van der Waals surface area contributed by atoms with E-state index in [2.05, 4.69) is 10.2 Å². The van der Waals surface area contributed by atoms with E-state index in [1.165, 1.54) is 38.8 Å². The van der Waals surface area contributed by atoms with Crippen LogP contribution in [0.15, 0.2) is 0 Å². The molecule has 1 N–H and O–H groups in total. The van der Waals surface area contributed by atoms with E-state index in [9.17, 15) is 0 Å². The summed E-state index contributed by atoms with van der Waals surface area (Å²) in [5.74, 6) is 0. The van der Waals surface area contributed by atoms with Crippen LogP contribution in [0.2, 0.25) is 0 Å². The molecule has 2 heterocycles. The highest BCUT2D eigenvalue weighted by Gasteiger charge is 2.35. The molecule has 2 saturated heterocycles. The lowest BCUT2D eigenvalue weighted by molar-refractivity contribution is 0.187. The first-order chi connectivity index (χ1) is 6.92. The minimum atomic E-state index is 0.638. The van der Waals surface area contributed by atoms with Crippen LogP contribution in [-0.2, 0) is 4.74 Å². The zero-order valence-electron chi connectivity index (χ0n) is 8.74. The Labute approximate surface area is 85.8 Å². The molecule has 2 aliphatic heterocycles. The van der Waals surface area contributed by atoms with E-state index in [1.54, 1.807) is 0 Å². The minimum absolute atomic E-state index is 0.638. The minimum Gasteiger partial charge on any atom is -0.380 e. The molecule has 0 amide bonds. The van der Waals surface area contributed by atoms with Gasteiger partial charge in [-0.1, -0.05) is 0 Å². The predicted molar refractivity (Wildman–Crippen MR) is 55.4 cm³/mol. The zero-order chi connectivity index (χ0) is 9.38. The smallest absolute Gasteiger partial charge is 0.0620 e. The van der Waals surface area contributed by atoms with E-state index in [-0.39, 0.29) is 0 Å². The summed E-state index contributed by atoms with van der Waals surface area (Å²) in [6.07, 6.45) is 5.44. The molecule has 80 valence electrons. The normalized spacial score (nSPS) is 39.4. The Morgan fingerprint density at radius 1 is 1.07 bits per heavy atom. The third-order valence-electron chi connectivity index (χ3n) is 3.68. The van der Waals surface area contributed by atoms with Gasteiger partial charge >= 0.3 is 0 Å². The Morgan fingerprint density at radius 2 is 2.00 bits per heavy atom. The van der Waals surface area contributed by atoms with E-state index in [4.69, 9.17) is 4.74 Å². The van der Waals surface area contributed by atoms with Crippen LogP contribution in [0.1, 0.15) is 25.7 Å². The van der Waals surface area contributed by atoms with Crippen molar-refractivity contribution in [1.29, 1.82) is 0 Å². The first-order valence-electron chi connectivity index (χ1n) is 5.99. The second-order valence-corrected chi connectivity index (χ2v) is 4.94. The topological polar surface area (TPSA) is 24.5 Å². The number of nitrogens with one attached hydrogen (secondary N) is 1. The van der Waals surface area contributed by atoms with Crippen molar-refractivity contribution in [3.05, 3.63) is 0 Å². The van der Waals surface area contributed by atoms with Gasteiger partial charge in [-0.05, 0) is 25.7 Å². The molecule has 0 bridgehead atoms. The van der Waals surface area contributed by atoms with Crippen LogP contribution in [0, 0.1) is 0 Å². The van der Waals surface area contributed by atoms with Crippen molar-refractivity contribution in [1.82, 2.24) is 10.2 Å². The fraction of sp³-hybridized carbons (Fsp3) is 1.00. The molecule has 0 spiro atoms. The fourth-order valence-corrected chi connectivity index (χ4v) is 2.69. The van der Waals surface area contributed by atoms with Crippen molar-refractivity contribution in [2.75, 3.05) is 26.3 Å². The molecular formula is C11H20N2O. The third-order valence-corrected chi connectivity index (χ3v) is 3.68. The Hall–Kier alpha value is -0.120. The summed E-state index contributed by atoms with van der Waals surface area (Å²) < 4.78 is 5.38. The number of rotatable bonds is 3. The van der Waals surface area contributed by atoms with Crippen LogP contribution in [0.5, 0.6) is 0 Å². The monoisotopic (exact) mass is 196 g/mol. The summed E-state index contributed by atoms with van der Waals surface area (Å²) in [6, 6.07) is 2.32. The maximum atomic E-state index is 5.38. The highest BCUT2D eigenvalue weighted by atomic mass is 16.5. The molecule has 0 radical (unpaired) electrons. The largest absolute Gasteiger partial charge is 0.380 e. The second-order valence-electron chi connectivity index (χ2n) is 4.94. The van der Waals surface area contributed by atoms with Gasteiger partial charge in [-0.25, -0.2) is 0 Å². The summed E-state index contributed by atoms with van der Waals surface area (Å²) in [7, 11) is 0. The van der Waals surface area contributed by atoms with Crippen molar-refractivity contribution in [3.8, 4) is 0 Å². The van der Waals surface area contributed by atoms with Crippen LogP contribution < -0.4 is 5.32 Å².